The van der Waals surface area contributed by atoms with E-state index in [9.17, 15) is 0 Å². The number of benzene rings is 8. The second-order valence-electron chi connectivity index (χ2n) is 15.8. The van der Waals surface area contributed by atoms with Crippen LogP contribution < -0.4 is 4.74 Å². The molecule has 0 N–H and O–H groups in total. The van der Waals surface area contributed by atoms with Gasteiger partial charge in [0.2, 0.25) is 0 Å². The van der Waals surface area contributed by atoms with Gasteiger partial charge in [-0.2, -0.15) is 0 Å². The van der Waals surface area contributed by atoms with Gasteiger partial charge >= 0.3 is 0 Å². The van der Waals surface area contributed by atoms with E-state index < -0.39 is 0 Å². The van der Waals surface area contributed by atoms with E-state index in [1.54, 1.807) is 11.3 Å². The molecular formula is C55H33N3O2S. The van der Waals surface area contributed by atoms with E-state index in [4.69, 9.17) is 24.1 Å². The first-order valence-electron chi connectivity index (χ1n) is 20.6. The predicted molar refractivity (Wildman–Crippen MR) is 250 cm³/mol. The third kappa shape index (κ3) is 5.36. The lowest BCUT2D eigenvalue weighted by molar-refractivity contribution is 0.271. The highest BCUT2D eigenvalue weighted by atomic mass is 32.1. The van der Waals surface area contributed by atoms with Crippen LogP contribution in [0.4, 0.5) is 0 Å². The van der Waals surface area contributed by atoms with Crippen LogP contribution in [-0.2, 0) is 0 Å². The van der Waals surface area contributed by atoms with Crippen molar-refractivity contribution in [3.63, 3.8) is 0 Å². The molecule has 0 bridgehead atoms. The number of rotatable bonds is 5. The highest BCUT2D eigenvalue weighted by Crippen LogP contribution is 2.51. The molecule has 0 amide bonds. The van der Waals surface area contributed by atoms with Crippen molar-refractivity contribution < 1.29 is 9.15 Å². The van der Waals surface area contributed by atoms with E-state index in [1.807, 2.05) is 30.3 Å². The van der Waals surface area contributed by atoms with E-state index in [2.05, 4.69) is 158 Å². The molecule has 0 fully saturated rings. The number of para-hydroxylation sites is 1. The predicted octanol–water partition coefficient (Wildman–Crippen LogP) is 14.5. The van der Waals surface area contributed by atoms with Crippen molar-refractivity contribution in [3.8, 4) is 51.0 Å². The fourth-order valence-corrected chi connectivity index (χ4v) is 10.8. The Balaban J connectivity index is 0.956. The van der Waals surface area contributed by atoms with Gasteiger partial charge in [0.15, 0.2) is 17.5 Å². The highest BCUT2D eigenvalue weighted by Gasteiger charge is 2.38. The summed E-state index contributed by atoms with van der Waals surface area (Å²) in [6.07, 6.45) is 6.47. The number of hydrogen-bond donors (Lipinski definition) is 0. The van der Waals surface area contributed by atoms with Gasteiger partial charge < -0.3 is 9.15 Å². The van der Waals surface area contributed by atoms with Crippen molar-refractivity contribution in [2.45, 2.75) is 12.0 Å². The molecule has 286 valence electrons. The average Bonchev–Trinajstić information content (AvgIpc) is 4.02. The zero-order valence-corrected chi connectivity index (χ0v) is 33.4. The molecule has 0 saturated heterocycles. The van der Waals surface area contributed by atoms with Crippen LogP contribution in [0.2, 0.25) is 0 Å². The minimum atomic E-state index is -0.120. The van der Waals surface area contributed by atoms with E-state index in [0.717, 1.165) is 71.8 Å². The molecule has 11 aromatic rings. The molecule has 8 aromatic carbocycles. The molecule has 2 aliphatic rings. The second kappa shape index (κ2) is 13.4. The lowest BCUT2D eigenvalue weighted by Crippen LogP contribution is -2.19. The molecule has 0 saturated carbocycles. The zero-order valence-electron chi connectivity index (χ0n) is 32.6. The molecule has 6 heteroatoms. The molecule has 2 unspecified atom stereocenters. The van der Waals surface area contributed by atoms with E-state index in [1.165, 1.54) is 31.3 Å². The summed E-state index contributed by atoms with van der Waals surface area (Å²) in [7, 11) is 0. The van der Waals surface area contributed by atoms with Gasteiger partial charge in [0.1, 0.15) is 23.0 Å². The van der Waals surface area contributed by atoms with Crippen molar-refractivity contribution in [3.05, 3.63) is 199 Å². The van der Waals surface area contributed by atoms with Crippen LogP contribution in [0.5, 0.6) is 5.75 Å². The molecular weight excluding hydrogens is 767 g/mol. The number of furan rings is 1. The highest BCUT2D eigenvalue weighted by molar-refractivity contribution is 7.26. The third-order valence-electron chi connectivity index (χ3n) is 12.4. The Labute approximate surface area is 354 Å². The molecule has 2 atom stereocenters. The van der Waals surface area contributed by atoms with Crippen LogP contribution in [0.3, 0.4) is 0 Å². The lowest BCUT2D eigenvalue weighted by Gasteiger charge is -2.24. The lowest BCUT2D eigenvalue weighted by atomic mass is 9.79. The van der Waals surface area contributed by atoms with Crippen LogP contribution in [0.15, 0.2) is 193 Å². The molecule has 61 heavy (non-hydrogen) atoms. The largest absolute Gasteiger partial charge is 0.485 e. The van der Waals surface area contributed by atoms with E-state index >= 15 is 0 Å². The molecule has 5 nitrogen and oxygen atoms in total. The van der Waals surface area contributed by atoms with Crippen molar-refractivity contribution in [1.29, 1.82) is 0 Å². The van der Waals surface area contributed by atoms with Gasteiger partial charge in [-0.15, -0.1) is 11.3 Å². The first kappa shape index (κ1) is 34.2. The first-order chi connectivity index (χ1) is 30.2. The SMILES string of the molecule is C1=CC2Oc3ccc(-c4cccc5oc6ccccc6c45)cc3C2C(c2ccc(-c3nc(-c4ccccc4)nc(-c4cccc5c4sc4ccccc45)n3)c3ccccc23)=C1. The number of nitrogens with zero attached hydrogens (tertiary/aromatic N) is 3. The number of ether oxygens (including phenoxy) is 1. The Kier molecular flexibility index (Phi) is 7.53. The van der Waals surface area contributed by atoms with E-state index in [0.29, 0.717) is 17.5 Å². The van der Waals surface area contributed by atoms with Crippen molar-refractivity contribution in [1.82, 2.24) is 15.0 Å². The van der Waals surface area contributed by atoms with Gasteiger partial charge in [-0.1, -0.05) is 140 Å². The summed E-state index contributed by atoms with van der Waals surface area (Å²) in [6.45, 7) is 0. The van der Waals surface area contributed by atoms with E-state index in [-0.39, 0.29) is 12.0 Å². The monoisotopic (exact) mass is 799 g/mol. The number of thiophene rings is 1. The quantitative estimate of drug-likeness (QED) is 0.173. The van der Waals surface area contributed by atoms with Gasteiger partial charge in [0, 0.05) is 53.2 Å². The molecule has 0 spiro atoms. The van der Waals surface area contributed by atoms with Crippen molar-refractivity contribution in [2.24, 2.45) is 0 Å². The summed E-state index contributed by atoms with van der Waals surface area (Å²) in [5, 5.41) is 6.92. The summed E-state index contributed by atoms with van der Waals surface area (Å²) >= 11 is 1.78. The van der Waals surface area contributed by atoms with Crippen LogP contribution in [-0.4, -0.2) is 21.1 Å². The van der Waals surface area contributed by atoms with Crippen LogP contribution in [0.1, 0.15) is 17.0 Å². The fourth-order valence-electron chi connectivity index (χ4n) is 9.60. The second-order valence-corrected chi connectivity index (χ2v) is 16.8. The van der Waals surface area contributed by atoms with Gasteiger partial charge in [-0.25, -0.2) is 15.0 Å². The van der Waals surface area contributed by atoms with Crippen LogP contribution in [0.25, 0.3) is 104 Å². The molecule has 3 aromatic heterocycles. The molecule has 4 heterocycles. The molecule has 1 aliphatic carbocycles. The Morgan fingerprint density at radius 2 is 1.15 bits per heavy atom. The maximum absolute atomic E-state index is 6.69. The summed E-state index contributed by atoms with van der Waals surface area (Å²) in [5.41, 5.74) is 10.5. The fraction of sp³-hybridized carbons (Fsp3) is 0.0364. The van der Waals surface area contributed by atoms with Gasteiger partial charge in [0.05, 0.1) is 5.92 Å². The third-order valence-corrected chi connectivity index (χ3v) is 13.6. The minimum absolute atomic E-state index is 0.00441. The van der Waals surface area contributed by atoms with Gasteiger partial charge in [-0.3, -0.25) is 0 Å². The average molecular weight is 800 g/mol. The maximum atomic E-state index is 6.69. The van der Waals surface area contributed by atoms with Crippen molar-refractivity contribution >= 4 is 69.8 Å². The smallest absolute Gasteiger partial charge is 0.165 e. The minimum Gasteiger partial charge on any atom is -0.485 e. The topological polar surface area (TPSA) is 61.0 Å². The van der Waals surface area contributed by atoms with Gasteiger partial charge in [0.25, 0.3) is 0 Å². The Morgan fingerprint density at radius 1 is 0.475 bits per heavy atom. The number of allylic oxidation sites excluding steroid dienone is 2. The first-order valence-corrected chi connectivity index (χ1v) is 21.4. The number of hydrogen-bond acceptors (Lipinski definition) is 6. The van der Waals surface area contributed by atoms with Crippen molar-refractivity contribution in [2.75, 3.05) is 0 Å². The molecule has 1 aliphatic heterocycles. The normalized spacial score (nSPS) is 15.7. The Hall–Kier alpha value is -7.67. The Bertz CT molecular complexity index is 3660. The Morgan fingerprint density at radius 3 is 2.03 bits per heavy atom. The summed E-state index contributed by atoms with van der Waals surface area (Å²) in [5.74, 6) is 2.86. The number of aromatic nitrogens is 3. The standard InChI is InChI=1S/C55H33N3O2S/c1-2-13-32(14-3-1)53-56-54(58-55(57-53)43-22-10-21-40-38-17-7-9-26-49(38)61-52(40)43)41-29-28-37(35-15-4-5-16-36(35)41)39-20-12-25-48-51(39)44-31-33(27-30-46(44)60-48)34-19-11-24-47-50(34)42-18-6-8-23-45(42)59-47/h1-31,48,51H. The van der Waals surface area contributed by atoms with Crippen LogP contribution in [0, 0.1) is 0 Å². The van der Waals surface area contributed by atoms with Gasteiger partial charge in [-0.05, 0) is 81.6 Å². The summed E-state index contributed by atoms with van der Waals surface area (Å²) in [6, 6.07) is 59.6. The van der Waals surface area contributed by atoms with Crippen LogP contribution >= 0.6 is 11.3 Å². The zero-order chi connectivity index (χ0) is 40.0. The summed E-state index contributed by atoms with van der Waals surface area (Å²) < 4.78 is 15.4. The summed E-state index contributed by atoms with van der Waals surface area (Å²) in [4.78, 5) is 15.7. The maximum Gasteiger partial charge on any atom is 0.165 e. The molecule has 0 radical (unpaired) electrons. The number of fused-ring (bicyclic) bond motifs is 10. The molecule has 13 rings (SSSR count).